The zero-order chi connectivity index (χ0) is 22.7. The Balaban J connectivity index is 1.50. The molecule has 0 saturated heterocycles. The fourth-order valence-corrected chi connectivity index (χ4v) is 4.19. The molecule has 0 bridgehead atoms. The maximum Gasteiger partial charge on any atom is 0.0709 e. The monoisotopic (exact) mass is 426 g/mol. The van der Waals surface area contributed by atoms with E-state index in [1.54, 1.807) is 0 Å². The highest BCUT2D eigenvalue weighted by molar-refractivity contribution is 5.73. The van der Waals surface area contributed by atoms with Gasteiger partial charge in [0, 0.05) is 22.7 Å². The summed E-state index contributed by atoms with van der Waals surface area (Å²) in [4.78, 5) is 9.54. The molecule has 0 aliphatic rings. The van der Waals surface area contributed by atoms with E-state index in [1.165, 1.54) is 16.7 Å². The van der Waals surface area contributed by atoms with E-state index in [0.29, 0.717) is 0 Å². The largest absolute Gasteiger partial charge is 0.260 e. The fourth-order valence-electron chi connectivity index (χ4n) is 4.19. The predicted octanol–water partition coefficient (Wildman–Crippen LogP) is 7.80. The molecule has 3 aromatic carbocycles. The van der Waals surface area contributed by atoms with Crippen LogP contribution in [-0.4, -0.2) is 9.97 Å². The third-order valence-corrected chi connectivity index (χ3v) is 6.20. The summed E-state index contributed by atoms with van der Waals surface area (Å²) in [6, 6.07) is 40.0. The van der Waals surface area contributed by atoms with Crippen LogP contribution < -0.4 is 0 Å². The summed E-state index contributed by atoms with van der Waals surface area (Å²) >= 11 is 0. The normalized spacial score (nSPS) is 11.3. The van der Waals surface area contributed by atoms with E-state index in [4.69, 9.17) is 4.98 Å². The Morgan fingerprint density at radius 1 is 0.515 bits per heavy atom. The summed E-state index contributed by atoms with van der Waals surface area (Å²) in [6.45, 7) is 4.45. The van der Waals surface area contributed by atoms with Crippen LogP contribution in [0.1, 0.15) is 25.1 Å². The van der Waals surface area contributed by atoms with Crippen LogP contribution in [0.4, 0.5) is 0 Å². The number of pyridine rings is 2. The number of benzene rings is 3. The van der Waals surface area contributed by atoms with Gasteiger partial charge in [0.1, 0.15) is 0 Å². The molecule has 5 aromatic rings. The van der Waals surface area contributed by atoms with Crippen LogP contribution in [0.3, 0.4) is 0 Å². The van der Waals surface area contributed by atoms with Crippen molar-refractivity contribution < 1.29 is 0 Å². The van der Waals surface area contributed by atoms with Gasteiger partial charge in [-0.15, -0.1) is 0 Å². The van der Waals surface area contributed by atoms with Crippen LogP contribution >= 0.6 is 0 Å². The summed E-state index contributed by atoms with van der Waals surface area (Å²) in [7, 11) is 0. The summed E-state index contributed by atoms with van der Waals surface area (Å²) in [5, 5.41) is 0. The van der Waals surface area contributed by atoms with Gasteiger partial charge in [0.25, 0.3) is 0 Å². The Labute approximate surface area is 195 Å². The number of nitrogens with zero attached hydrogens (tertiary/aromatic N) is 2. The zero-order valence-electron chi connectivity index (χ0n) is 18.9. The van der Waals surface area contributed by atoms with Crippen LogP contribution in [0.15, 0.2) is 121 Å². The van der Waals surface area contributed by atoms with Crippen LogP contribution in [0.25, 0.3) is 33.6 Å². The van der Waals surface area contributed by atoms with Crippen molar-refractivity contribution in [2.45, 2.75) is 19.3 Å². The second-order valence-corrected chi connectivity index (χ2v) is 8.78. The fraction of sp³-hybridized carbons (Fsp3) is 0.0968. The standard InChI is InChI=1S/C31H26N2/c1-31(2,30-19-6-7-20-32-30)27-16-9-14-25(22-27)24-13-8-15-26(21-24)29-18-10-17-28(33-29)23-11-4-3-5-12-23/h3-22H,1-2H3. The predicted molar refractivity (Wildman–Crippen MR) is 137 cm³/mol. The summed E-state index contributed by atoms with van der Waals surface area (Å²) < 4.78 is 0. The Kier molecular flexibility index (Phi) is 5.58. The maximum atomic E-state index is 4.94. The lowest BCUT2D eigenvalue weighted by Crippen LogP contribution is -2.20. The van der Waals surface area contributed by atoms with Gasteiger partial charge in [0.15, 0.2) is 0 Å². The van der Waals surface area contributed by atoms with Crippen molar-refractivity contribution in [2.75, 3.05) is 0 Å². The van der Waals surface area contributed by atoms with Gasteiger partial charge in [-0.3, -0.25) is 4.98 Å². The third kappa shape index (κ3) is 4.33. The summed E-state index contributed by atoms with van der Waals surface area (Å²) in [5.41, 5.74) is 8.70. The van der Waals surface area contributed by atoms with Gasteiger partial charge in [-0.2, -0.15) is 0 Å². The molecule has 0 amide bonds. The zero-order valence-corrected chi connectivity index (χ0v) is 18.9. The first kappa shape index (κ1) is 20.8. The van der Waals surface area contributed by atoms with Crippen molar-refractivity contribution in [3.05, 3.63) is 133 Å². The highest BCUT2D eigenvalue weighted by atomic mass is 14.7. The van der Waals surface area contributed by atoms with Gasteiger partial charge >= 0.3 is 0 Å². The second-order valence-electron chi connectivity index (χ2n) is 8.78. The lowest BCUT2D eigenvalue weighted by atomic mass is 9.80. The Hall–Kier alpha value is -4.04. The molecule has 2 aromatic heterocycles. The van der Waals surface area contributed by atoms with Gasteiger partial charge in [-0.05, 0) is 47.0 Å². The molecule has 2 nitrogen and oxygen atoms in total. The van der Waals surface area contributed by atoms with E-state index in [9.17, 15) is 0 Å². The first-order valence-electron chi connectivity index (χ1n) is 11.3. The van der Waals surface area contributed by atoms with Crippen LogP contribution in [0, 0.1) is 0 Å². The molecule has 0 fully saturated rings. The van der Waals surface area contributed by atoms with Crippen LogP contribution in [0.5, 0.6) is 0 Å². The van der Waals surface area contributed by atoms with E-state index >= 15 is 0 Å². The molecule has 0 unspecified atom stereocenters. The topological polar surface area (TPSA) is 25.8 Å². The minimum absolute atomic E-state index is 0.180. The number of aromatic nitrogens is 2. The van der Waals surface area contributed by atoms with Crippen molar-refractivity contribution in [1.29, 1.82) is 0 Å². The van der Waals surface area contributed by atoms with E-state index in [1.807, 2.05) is 36.5 Å². The first-order chi connectivity index (χ1) is 16.1. The number of rotatable bonds is 5. The smallest absolute Gasteiger partial charge is 0.0709 e. The summed E-state index contributed by atoms with van der Waals surface area (Å²) in [6.07, 6.45) is 1.86. The molecule has 0 N–H and O–H groups in total. The molecule has 33 heavy (non-hydrogen) atoms. The van der Waals surface area contributed by atoms with Crippen molar-refractivity contribution in [2.24, 2.45) is 0 Å². The third-order valence-electron chi connectivity index (χ3n) is 6.20. The molecule has 160 valence electrons. The SMILES string of the molecule is CC(C)(c1cccc(-c2cccc(-c3cccc(-c4ccccc4)n3)c2)c1)c1ccccn1. The molecule has 2 heterocycles. The molecule has 0 saturated carbocycles. The van der Waals surface area contributed by atoms with Crippen LogP contribution in [0.2, 0.25) is 0 Å². The van der Waals surface area contributed by atoms with E-state index in [0.717, 1.165) is 28.2 Å². The molecule has 2 heteroatoms. The van der Waals surface area contributed by atoms with E-state index in [-0.39, 0.29) is 5.41 Å². The van der Waals surface area contributed by atoms with Crippen molar-refractivity contribution in [3.63, 3.8) is 0 Å². The molecular weight excluding hydrogens is 400 g/mol. The lowest BCUT2D eigenvalue weighted by molar-refractivity contribution is 0.617. The van der Waals surface area contributed by atoms with Crippen molar-refractivity contribution >= 4 is 0 Å². The number of hydrogen-bond acceptors (Lipinski definition) is 2. The van der Waals surface area contributed by atoms with E-state index in [2.05, 4.69) is 104 Å². The van der Waals surface area contributed by atoms with Crippen LogP contribution in [-0.2, 0) is 5.41 Å². The van der Waals surface area contributed by atoms with Gasteiger partial charge in [0.2, 0.25) is 0 Å². The maximum absolute atomic E-state index is 4.94. The highest BCUT2D eigenvalue weighted by Gasteiger charge is 2.24. The lowest BCUT2D eigenvalue weighted by Gasteiger charge is -2.25. The molecule has 0 aliphatic heterocycles. The molecule has 5 rings (SSSR count). The number of hydrogen-bond donors (Lipinski definition) is 0. The van der Waals surface area contributed by atoms with Crippen molar-refractivity contribution in [1.82, 2.24) is 9.97 Å². The summed E-state index contributed by atoms with van der Waals surface area (Å²) in [5.74, 6) is 0. The molecular formula is C31H26N2. The molecule has 0 atom stereocenters. The second kappa shape index (κ2) is 8.84. The average Bonchev–Trinajstić information content (AvgIpc) is 2.90. The Morgan fingerprint density at radius 3 is 1.88 bits per heavy atom. The quantitative estimate of drug-likeness (QED) is 0.286. The minimum Gasteiger partial charge on any atom is -0.260 e. The minimum atomic E-state index is -0.180. The first-order valence-corrected chi connectivity index (χ1v) is 11.3. The van der Waals surface area contributed by atoms with Gasteiger partial charge in [0.05, 0.1) is 17.1 Å². The van der Waals surface area contributed by atoms with Crippen molar-refractivity contribution in [3.8, 4) is 33.6 Å². The average molecular weight is 427 g/mol. The Bertz CT molecular complexity index is 1370. The molecule has 0 radical (unpaired) electrons. The van der Waals surface area contributed by atoms with E-state index < -0.39 is 0 Å². The highest BCUT2D eigenvalue weighted by Crippen LogP contribution is 2.33. The van der Waals surface area contributed by atoms with Gasteiger partial charge < -0.3 is 0 Å². The van der Waals surface area contributed by atoms with Gasteiger partial charge in [-0.1, -0.05) is 98.8 Å². The molecule has 0 spiro atoms. The Morgan fingerprint density at radius 2 is 1.12 bits per heavy atom. The van der Waals surface area contributed by atoms with Gasteiger partial charge in [-0.25, -0.2) is 4.98 Å². The molecule has 0 aliphatic carbocycles.